The molecule has 0 bridgehead atoms. The highest BCUT2D eigenvalue weighted by Crippen LogP contribution is 2.19. The number of esters is 3. The molecule has 5 aromatic rings. The summed E-state index contributed by atoms with van der Waals surface area (Å²) in [4.78, 5) is 187. The predicted molar refractivity (Wildman–Crippen MR) is 447 cm³/mol. The van der Waals surface area contributed by atoms with Crippen LogP contribution in [-0.2, 0) is 128 Å². The number of rotatable bonds is 36. The van der Waals surface area contributed by atoms with Crippen molar-refractivity contribution in [3.63, 3.8) is 0 Å². The molecule has 0 radical (unpaired) electrons. The first-order chi connectivity index (χ1) is 57.3. The number of nitrogens with one attached hydrogen (secondary N) is 3. The van der Waals surface area contributed by atoms with Crippen molar-refractivity contribution in [3.05, 3.63) is 179 Å². The number of aliphatic carboxylic acids is 6. The van der Waals surface area contributed by atoms with Gasteiger partial charge in [0.2, 0.25) is 17.7 Å². The number of amides is 7. The number of halogens is 2. The molecule has 1 heterocycles. The van der Waals surface area contributed by atoms with Crippen LogP contribution in [0.1, 0.15) is 146 Å². The monoisotopic (exact) mass is 1810 g/mol. The van der Waals surface area contributed by atoms with Crippen molar-refractivity contribution in [2.75, 3.05) is 13.8 Å². The van der Waals surface area contributed by atoms with Crippen LogP contribution in [0.4, 0.5) is 24.0 Å². The third-order valence-electron chi connectivity index (χ3n) is 14.5. The molecular formula is C80H114Cl2N10O33. The highest BCUT2D eigenvalue weighted by molar-refractivity contribution is 6.61. The maximum Gasteiger partial charge on any atom is 0.413 e. The van der Waals surface area contributed by atoms with Crippen molar-refractivity contribution < 1.29 is 161 Å². The van der Waals surface area contributed by atoms with E-state index in [-0.39, 0.29) is 147 Å². The third-order valence-corrected chi connectivity index (χ3v) is 14.7. The number of nitrogens with zero attached hydrogens (tertiary/aromatic N) is 1. The molecule has 1 saturated heterocycles. The van der Waals surface area contributed by atoms with Crippen molar-refractivity contribution in [1.82, 2.24) is 27.0 Å². The van der Waals surface area contributed by atoms with Crippen LogP contribution in [0.3, 0.4) is 0 Å². The van der Waals surface area contributed by atoms with E-state index in [0.717, 1.165) is 39.8 Å². The second kappa shape index (κ2) is 68.2. The molecular weight excluding hydrogens is 1700 g/mol. The van der Waals surface area contributed by atoms with Crippen molar-refractivity contribution in [3.8, 4) is 0 Å². The molecule has 1 fully saturated rings. The molecule has 6 atom stereocenters. The lowest BCUT2D eigenvalue weighted by atomic mass is 10.1. The zero-order valence-electron chi connectivity index (χ0n) is 69.8. The minimum atomic E-state index is -1.30. The lowest BCUT2D eigenvalue weighted by Crippen LogP contribution is -2.45. The lowest BCUT2D eigenvalue weighted by molar-refractivity contribution is -0.156. The lowest BCUT2D eigenvalue weighted by Gasteiger charge is -2.20. The summed E-state index contributed by atoms with van der Waals surface area (Å²) in [6.07, 6.45) is -4.17. The molecule has 45 heteroatoms. The van der Waals surface area contributed by atoms with Crippen molar-refractivity contribution in [1.29, 1.82) is 0 Å². The molecule has 43 nitrogen and oxygen atoms in total. The van der Waals surface area contributed by atoms with Gasteiger partial charge in [0.05, 0.1) is 6.04 Å². The number of carboxylic acid groups (broad SMARTS) is 6. The molecule has 0 saturated carbocycles. The van der Waals surface area contributed by atoms with Crippen LogP contribution in [0, 0.1) is 0 Å². The van der Waals surface area contributed by atoms with Gasteiger partial charge in [-0.1, -0.05) is 152 Å². The Balaban J connectivity index is -0.000000452. The molecule has 0 unspecified atom stereocenters. The van der Waals surface area contributed by atoms with E-state index in [2.05, 4.69) is 20.7 Å². The quantitative estimate of drug-likeness (QED) is 0.0120. The summed E-state index contributed by atoms with van der Waals surface area (Å²) in [5.74, 6) is -10.3. The largest absolute Gasteiger partial charge is 0.481 e. The Kier molecular flexibility index (Phi) is 65.6. The Morgan fingerprint density at radius 2 is 0.704 bits per heavy atom. The maximum atomic E-state index is 11.9. The Morgan fingerprint density at radius 3 is 0.992 bits per heavy atom. The number of hydrogen-bond donors (Lipinski definition) is 16. The van der Waals surface area contributed by atoms with Gasteiger partial charge in [-0.05, 0) is 108 Å². The summed E-state index contributed by atoms with van der Waals surface area (Å²) in [7, 11) is 1.00. The van der Waals surface area contributed by atoms with Gasteiger partial charge in [0, 0.05) is 57.2 Å². The minimum absolute atomic E-state index is 0. The van der Waals surface area contributed by atoms with Gasteiger partial charge in [0.1, 0.15) is 74.4 Å². The van der Waals surface area contributed by atoms with Crippen LogP contribution >= 0.6 is 24.0 Å². The van der Waals surface area contributed by atoms with Crippen LogP contribution < -0.4 is 50.8 Å². The fourth-order valence-electron chi connectivity index (χ4n) is 8.63. The van der Waals surface area contributed by atoms with Gasteiger partial charge in [-0.2, -0.15) is 0 Å². The second-order valence-electron chi connectivity index (χ2n) is 27.0. The van der Waals surface area contributed by atoms with Gasteiger partial charge in [-0.15, -0.1) is 12.4 Å². The summed E-state index contributed by atoms with van der Waals surface area (Å²) in [5.41, 5.74) is 27.8. The van der Waals surface area contributed by atoms with E-state index in [4.69, 9.17) is 109 Å². The molecule has 6 rings (SSSR count). The molecule has 696 valence electrons. The number of aliphatic hydroxyl groups excluding tert-OH is 1. The van der Waals surface area contributed by atoms with Gasteiger partial charge < -0.3 is 130 Å². The van der Waals surface area contributed by atoms with Gasteiger partial charge in [-0.3, -0.25) is 52.8 Å². The Hall–Kier alpha value is -13.3. The smallest absolute Gasteiger partial charge is 0.413 e. The predicted octanol–water partition coefficient (Wildman–Crippen LogP) is 6.24. The fourth-order valence-corrected chi connectivity index (χ4v) is 8.68. The zero-order chi connectivity index (χ0) is 92.9. The summed E-state index contributed by atoms with van der Waals surface area (Å²) >= 11 is 4.97. The summed E-state index contributed by atoms with van der Waals surface area (Å²) in [6, 6.07) is 39.4. The number of aliphatic hydroxyl groups is 1. The SMILES string of the molecule is CC(C)(C)OC(=O)CC[C@H](N)C(N)=O.CC(C)(C)OC(=O)CC[C@H](NC(=O)OCc1ccccc1)C(N)=O.CO.Cl.N.NC(=O)[C@H](CCC(=O)O)NC(=O)OCc1ccccc1.N[C@@H](CCC(=O)O)C(=O)O.O.O=C(Cl)OCc1ccccc1.O=C(O)CC[C@H](NC(=O)OCc1ccccc1)C(=O)O.O=C(O)CC[C@H]1C(=O)OCN1C(=O)OCc1ccccc1. The molecule has 25 N–H and O–H groups in total. The van der Waals surface area contributed by atoms with Crippen LogP contribution in [0.25, 0.3) is 0 Å². The summed E-state index contributed by atoms with van der Waals surface area (Å²) in [5, 5.41) is 64.5. The number of primary amides is 3. The molecule has 0 spiro atoms. The van der Waals surface area contributed by atoms with E-state index >= 15 is 0 Å². The number of carboxylic acids is 6. The van der Waals surface area contributed by atoms with Crippen LogP contribution in [-0.4, -0.2) is 209 Å². The first-order valence-electron chi connectivity index (χ1n) is 36.8. The van der Waals surface area contributed by atoms with E-state index < -0.39 is 143 Å². The maximum absolute atomic E-state index is 11.9. The number of benzene rings is 5. The number of ether oxygens (including phenoxy) is 8. The zero-order valence-corrected chi connectivity index (χ0v) is 71.4. The molecule has 7 amide bonds. The topological polar surface area (TPSA) is 742 Å². The van der Waals surface area contributed by atoms with Gasteiger partial charge in [0.15, 0.2) is 6.73 Å². The fraction of sp³-hybridized carbons (Fsp3) is 0.412. The highest BCUT2D eigenvalue weighted by atomic mass is 35.5. The average Bonchev–Trinajstić information content (AvgIpc) is 1.70. The number of hydrogen-bond acceptors (Lipinski definition) is 29. The van der Waals surface area contributed by atoms with Crippen LogP contribution in [0.5, 0.6) is 0 Å². The van der Waals surface area contributed by atoms with Gasteiger partial charge in [0.25, 0.3) is 0 Å². The Bertz CT molecular complexity index is 3970. The van der Waals surface area contributed by atoms with Crippen molar-refractivity contribution in [2.45, 2.75) is 199 Å². The number of nitrogens with two attached hydrogens (primary N) is 5. The number of alkyl carbamates (subject to hydrolysis) is 3. The molecule has 5 aromatic carbocycles. The highest BCUT2D eigenvalue weighted by Gasteiger charge is 2.39. The standard InChI is InChI=1S/C17H24N2O5.C14H15NO6.C13H16N2O5.C13H15NO6.C9H18N2O3.C8H7ClO2.C5H9NO4.CH4O.ClH.H3N.H2O/c1-17(2,3)24-14(20)10-9-13(15(18)21)19-16(22)23-11-12-7-5-4-6-8-12;16-12(17)7-6-11-13(18)21-9-15(11)14(19)20-8-10-4-2-1-3-5-10;14-12(18)10(6-7-11(16)17)15-13(19)20-8-9-4-2-1-3-5-9;15-11(16)7-6-10(12(17)18)14-13(19)20-8-9-4-2-1-3-5-9;1-9(2,3)14-7(12)5-4-6(10)8(11)13;9-8(10)11-6-7-4-2-1-3-5-7;6-3(5(9)10)1-2-4(7)8;1-2;;;/h4-8,13H,9-11H2,1-3H3,(H2,18,21)(H,19,22);1-5,11H,6-9H2,(H,16,17);1-5,10H,6-8H2,(H2,14,18)(H,15,19)(H,16,17);1-5,10H,6-8H2,(H,14,19)(H,15,16)(H,17,18);6H,4-5,10H2,1-3H3,(H2,11,13);1-5H,6H2;3H,1-2,6H2,(H,7,8)(H,9,10);2H,1H3;1H;1H3;1H2/t13-;11-;2*10-;6-;;3-;;;;/m00000.0..../s1. The minimum Gasteiger partial charge on any atom is -0.481 e. The Morgan fingerprint density at radius 1 is 0.424 bits per heavy atom. The molecule has 0 aliphatic carbocycles. The van der Waals surface area contributed by atoms with Crippen molar-refractivity contribution >= 4 is 125 Å². The summed E-state index contributed by atoms with van der Waals surface area (Å²) < 4.78 is 39.4. The number of carbonyl (C=O) groups excluding carboxylic acids is 11. The Labute approximate surface area is 730 Å². The van der Waals surface area contributed by atoms with E-state index in [1.807, 2.05) is 78.9 Å². The average molecular weight is 1810 g/mol. The van der Waals surface area contributed by atoms with E-state index in [0.29, 0.717) is 0 Å². The first-order valence-corrected chi connectivity index (χ1v) is 37.2. The van der Waals surface area contributed by atoms with Gasteiger partial charge in [-0.25, -0.2) is 33.6 Å². The van der Waals surface area contributed by atoms with Crippen molar-refractivity contribution in [2.24, 2.45) is 28.7 Å². The molecule has 1 aliphatic heterocycles. The van der Waals surface area contributed by atoms with Crippen LogP contribution in [0.15, 0.2) is 152 Å². The van der Waals surface area contributed by atoms with Gasteiger partial charge >= 0.3 is 83.5 Å². The third kappa shape index (κ3) is 66.0. The molecule has 1 aliphatic rings. The second-order valence-corrected chi connectivity index (χ2v) is 27.3. The number of carbonyl (C=O) groups is 17. The number of cyclic esters (lactones) is 1. The summed E-state index contributed by atoms with van der Waals surface area (Å²) in [6.45, 7) is 10.8. The van der Waals surface area contributed by atoms with E-state index in [1.54, 1.807) is 114 Å². The molecule has 125 heavy (non-hydrogen) atoms. The van der Waals surface area contributed by atoms with E-state index in [1.165, 1.54) is 0 Å². The molecule has 0 aromatic heterocycles. The first kappa shape index (κ1) is 120. The normalized spacial score (nSPS) is 12.3. The van der Waals surface area contributed by atoms with Crippen LogP contribution in [0.2, 0.25) is 0 Å². The van der Waals surface area contributed by atoms with E-state index in [9.17, 15) is 81.5 Å².